The average molecular weight is 1300 g/mol. The molecule has 0 aromatic rings. The molecule has 522 valence electrons. The summed E-state index contributed by atoms with van der Waals surface area (Å²) in [7, 11) is -7.51. The number of carbonyl (C=O) groups excluding carboxylic acids is 1. The van der Waals surface area contributed by atoms with E-state index in [1.54, 1.807) is 7.11 Å². The molecule has 2 rings (SSSR count). The van der Waals surface area contributed by atoms with Gasteiger partial charge in [0.05, 0.1) is 25.4 Å². The Kier molecular flexibility index (Phi) is 50.3. The van der Waals surface area contributed by atoms with Crippen molar-refractivity contribution in [3.63, 3.8) is 0 Å². The molecule has 0 radical (unpaired) electrons. The number of phosphoric acid groups is 2. The van der Waals surface area contributed by atoms with Gasteiger partial charge in [-0.25, -0.2) is 9.13 Å². The molecule has 0 saturated carbocycles. The number of aliphatic hydroxyl groups excluding tert-OH is 2. The van der Waals surface area contributed by atoms with E-state index in [1.165, 1.54) is 77.7 Å². The molecular formula is C66H129NO19P2. The third-order valence-electron chi connectivity index (χ3n) is 16.9. The highest BCUT2D eigenvalue weighted by Gasteiger charge is 2.53. The molecule has 2 saturated heterocycles. The van der Waals surface area contributed by atoms with Crippen molar-refractivity contribution in [3.8, 4) is 0 Å². The molecule has 1 amide bonds. The normalized spacial score (nSPS) is 23.5. The van der Waals surface area contributed by atoms with Gasteiger partial charge in [0, 0.05) is 40.5 Å². The van der Waals surface area contributed by atoms with Gasteiger partial charge in [-0.2, -0.15) is 0 Å². The van der Waals surface area contributed by atoms with Crippen molar-refractivity contribution in [3.05, 3.63) is 12.2 Å². The summed E-state index contributed by atoms with van der Waals surface area (Å²) in [5.74, 6) is -0.393. The van der Waals surface area contributed by atoms with Crippen LogP contribution >= 0.6 is 15.6 Å². The summed E-state index contributed by atoms with van der Waals surface area (Å²) in [6.07, 6.45) is 30.9. The number of aliphatic hydroxyl groups is 2. The van der Waals surface area contributed by atoms with Crippen LogP contribution in [0.3, 0.4) is 0 Å². The lowest BCUT2D eigenvalue weighted by Gasteiger charge is -2.47. The Morgan fingerprint density at radius 1 is 0.477 bits per heavy atom. The van der Waals surface area contributed by atoms with E-state index in [2.05, 4.69) is 45.2 Å². The largest absolute Gasteiger partial charge is 0.472 e. The zero-order valence-electron chi connectivity index (χ0n) is 55.8. The number of carbonyl (C=O) groups is 1. The summed E-state index contributed by atoms with van der Waals surface area (Å²) in [4.78, 5) is 55.3. The number of phosphoric ester groups is 2. The Labute approximate surface area is 532 Å². The monoisotopic (exact) mass is 1300 g/mol. The Balaban J connectivity index is 2.41. The number of unbranched alkanes of at least 4 members (excludes halogenated alkanes) is 30. The lowest BCUT2D eigenvalue weighted by molar-refractivity contribution is -0.319. The van der Waals surface area contributed by atoms with Gasteiger partial charge >= 0.3 is 15.6 Å². The molecule has 0 bridgehead atoms. The maximum Gasteiger partial charge on any atom is 0.472 e. The second-order valence-electron chi connectivity index (χ2n) is 24.8. The van der Waals surface area contributed by atoms with Gasteiger partial charge in [0.15, 0.2) is 12.6 Å². The predicted octanol–water partition coefficient (Wildman–Crippen LogP) is 14.3. The van der Waals surface area contributed by atoms with Crippen LogP contribution in [0.25, 0.3) is 0 Å². The van der Waals surface area contributed by atoms with E-state index in [0.29, 0.717) is 25.7 Å². The number of nitrogens with one attached hydrogen (secondary N) is 1. The Bertz CT molecular complexity index is 1760. The first kappa shape index (κ1) is 83.1. The van der Waals surface area contributed by atoms with Gasteiger partial charge in [0.2, 0.25) is 5.91 Å². The van der Waals surface area contributed by atoms with Crippen molar-refractivity contribution in [1.82, 2.24) is 5.32 Å². The first-order chi connectivity index (χ1) is 42.5. The number of hydrogen-bond donors (Lipinski definition) is 7. The fourth-order valence-corrected chi connectivity index (χ4v) is 12.7. The summed E-state index contributed by atoms with van der Waals surface area (Å²) in [6, 6.07) is -1.27. The van der Waals surface area contributed by atoms with E-state index < -0.39 is 95.6 Å². The molecule has 7 N–H and O–H groups in total. The van der Waals surface area contributed by atoms with Gasteiger partial charge in [-0.3, -0.25) is 13.8 Å². The minimum absolute atomic E-state index is 0.0364. The van der Waals surface area contributed by atoms with Crippen LogP contribution in [0.1, 0.15) is 285 Å². The van der Waals surface area contributed by atoms with Crippen molar-refractivity contribution >= 4 is 21.6 Å². The third kappa shape index (κ3) is 41.0. The minimum Gasteiger partial charge on any atom is -0.393 e. The summed E-state index contributed by atoms with van der Waals surface area (Å²) < 4.78 is 85.9. The Morgan fingerprint density at radius 2 is 0.932 bits per heavy atom. The topological polar surface area (TPSA) is 277 Å². The molecular weight excluding hydrogens is 1170 g/mol. The highest BCUT2D eigenvalue weighted by atomic mass is 31.2. The van der Waals surface area contributed by atoms with Gasteiger partial charge in [-0.1, -0.05) is 226 Å². The van der Waals surface area contributed by atoms with Crippen LogP contribution in [-0.2, 0) is 60.9 Å². The maximum absolute atomic E-state index is 14.1. The molecule has 88 heavy (non-hydrogen) atoms. The van der Waals surface area contributed by atoms with E-state index in [0.717, 1.165) is 148 Å². The van der Waals surface area contributed by atoms with Crippen molar-refractivity contribution in [2.45, 2.75) is 358 Å². The van der Waals surface area contributed by atoms with Crippen LogP contribution in [0.5, 0.6) is 0 Å². The number of hydrogen-bond acceptors (Lipinski definition) is 15. The lowest BCUT2D eigenvalue weighted by Crippen LogP contribution is -2.67. The standard InChI is InChI=1S/C66H129NO19P2/c1-7-11-15-19-22-25-26-27-28-29-30-32-34-38-42-46-58(69)67-59-62(80-51-48-55(78-6)45-41-36-18-14-10-4)61(85-87(71,72)73)57(52-77-5)84-65(59)82-53-56-60(70)63(79-49-43-39-35-24-21-17-13-9-3)64(66(83-56)86-88(74,75)76)81-50-47-54(68)44-40-37-33-31-23-20-16-12-8-2/h25-26,54-57,59-66,68,70H,7-24,27-53H2,1-6H3,(H,67,69)(H2,71,72,73)(H2,74,75,76)/b26-25-/t54-,55-,56-,57-,59-,60-,61-,62-,63+,64-,65-,66+/m1/s1. The summed E-state index contributed by atoms with van der Waals surface area (Å²) in [6.45, 7) is 8.14. The van der Waals surface area contributed by atoms with Crippen molar-refractivity contribution in [1.29, 1.82) is 0 Å². The zero-order valence-corrected chi connectivity index (χ0v) is 57.6. The molecule has 0 spiro atoms. The average Bonchev–Trinajstić information content (AvgIpc) is 2.49. The van der Waals surface area contributed by atoms with Crippen LogP contribution in [0, 0.1) is 0 Å². The van der Waals surface area contributed by atoms with Crippen LogP contribution in [0.15, 0.2) is 12.2 Å². The first-order valence-electron chi connectivity index (χ1n) is 35.1. The minimum atomic E-state index is -5.28. The van der Waals surface area contributed by atoms with Crippen molar-refractivity contribution in [2.75, 3.05) is 47.3 Å². The predicted molar refractivity (Wildman–Crippen MR) is 346 cm³/mol. The van der Waals surface area contributed by atoms with Gasteiger partial charge < -0.3 is 73.0 Å². The molecule has 2 heterocycles. The molecule has 2 fully saturated rings. The molecule has 12 atom stereocenters. The SMILES string of the molecule is CCCCCC/C=C\CCCCCCCCCC(=O)N[C@H]1[C@H](OC[C@H]2O[C@@H](OP(=O)(O)O)[C@H](OCC[C@H](O)CCCCCCCCCCC)[C@@H](OCCCCCCCCCC)[C@@H]2O)O[C@H](COC)[C@@H](OP(=O)(O)O)[C@@H]1OCC[C@@H](CCCCCCC)OC. The summed E-state index contributed by atoms with van der Waals surface area (Å²) in [5.41, 5.74) is 0. The fraction of sp³-hybridized carbons (Fsp3) is 0.955. The number of allylic oxidation sites excluding steroid dienone is 2. The summed E-state index contributed by atoms with van der Waals surface area (Å²) >= 11 is 0. The van der Waals surface area contributed by atoms with Crippen molar-refractivity contribution < 1.29 is 90.7 Å². The lowest BCUT2D eigenvalue weighted by atomic mass is 9.95. The summed E-state index contributed by atoms with van der Waals surface area (Å²) in [5, 5.41) is 26.3. The molecule has 0 unspecified atom stereocenters. The van der Waals surface area contributed by atoms with Crippen molar-refractivity contribution in [2.24, 2.45) is 0 Å². The van der Waals surface area contributed by atoms with Crippen LogP contribution in [0.4, 0.5) is 0 Å². The highest BCUT2D eigenvalue weighted by Crippen LogP contribution is 2.44. The number of rotatable bonds is 60. The van der Waals surface area contributed by atoms with Gasteiger partial charge in [-0.05, 0) is 64.2 Å². The quantitative estimate of drug-likeness (QED) is 0.0169. The second kappa shape index (κ2) is 53.3. The van der Waals surface area contributed by atoms with E-state index in [4.69, 9.17) is 46.9 Å². The zero-order chi connectivity index (χ0) is 64.5. The first-order valence-corrected chi connectivity index (χ1v) is 38.2. The molecule has 0 aromatic heterocycles. The molecule has 2 aliphatic heterocycles. The molecule has 0 aromatic carbocycles. The number of ether oxygens (including phenoxy) is 8. The van der Waals surface area contributed by atoms with Crippen LogP contribution in [-0.4, -0.2) is 157 Å². The van der Waals surface area contributed by atoms with E-state index in [1.807, 2.05) is 0 Å². The van der Waals surface area contributed by atoms with Gasteiger partial charge in [0.25, 0.3) is 0 Å². The maximum atomic E-state index is 14.1. The fourth-order valence-electron chi connectivity index (χ4n) is 11.7. The van der Waals surface area contributed by atoms with E-state index in [-0.39, 0.29) is 45.4 Å². The second-order valence-corrected chi connectivity index (χ2v) is 27.2. The number of amides is 1. The Hall–Kier alpha value is -0.970. The van der Waals surface area contributed by atoms with E-state index in [9.17, 15) is 43.7 Å². The molecule has 22 heteroatoms. The van der Waals surface area contributed by atoms with Crippen LogP contribution < -0.4 is 5.32 Å². The van der Waals surface area contributed by atoms with Gasteiger partial charge in [0.1, 0.15) is 48.8 Å². The van der Waals surface area contributed by atoms with E-state index >= 15 is 0 Å². The highest BCUT2D eigenvalue weighted by molar-refractivity contribution is 7.46. The number of methoxy groups -OCH3 is 2. The molecule has 0 aliphatic carbocycles. The third-order valence-corrected chi connectivity index (χ3v) is 17.9. The Morgan fingerprint density at radius 3 is 1.47 bits per heavy atom. The van der Waals surface area contributed by atoms with Crippen LogP contribution in [0.2, 0.25) is 0 Å². The molecule has 20 nitrogen and oxygen atoms in total. The van der Waals surface area contributed by atoms with Gasteiger partial charge in [-0.15, -0.1) is 0 Å². The smallest absolute Gasteiger partial charge is 0.393 e. The molecule has 2 aliphatic rings.